The number of rotatable bonds is 4. The Morgan fingerprint density at radius 3 is 2.90 bits per heavy atom. The third-order valence-electron chi connectivity index (χ3n) is 4.33. The predicted molar refractivity (Wildman–Crippen MR) is 109 cm³/mol. The summed E-state index contributed by atoms with van der Waals surface area (Å²) < 4.78 is 26.0. The maximum absolute atomic E-state index is 13.9. The lowest BCUT2D eigenvalue weighted by Crippen LogP contribution is -2.32. The monoisotopic (exact) mass is 432 g/mol. The van der Waals surface area contributed by atoms with Crippen LogP contribution in [0.5, 0.6) is 17.2 Å². The van der Waals surface area contributed by atoms with E-state index in [0.717, 1.165) is 5.56 Å². The Bertz CT molecular complexity index is 1060. The average Bonchev–Trinajstić information content (AvgIpc) is 3.12. The number of ether oxygens (including phenoxy) is 2. The molecule has 0 saturated heterocycles. The minimum Gasteiger partial charge on any atom is -0.493 e. The molecule has 0 radical (unpaired) electrons. The second kappa shape index (κ2) is 8.26. The van der Waals surface area contributed by atoms with Crippen LogP contribution in [0, 0.1) is 5.82 Å². The summed E-state index contributed by atoms with van der Waals surface area (Å²) in [6.45, 7) is 0.529. The van der Waals surface area contributed by atoms with E-state index < -0.39 is 0 Å². The Kier molecular flexibility index (Phi) is 5.54. The van der Waals surface area contributed by atoms with Crippen LogP contribution < -0.4 is 15.2 Å². The van der Waals surface area contributed by atoms with Crippen LogP contribution in [0.3, 0.4) is 0 Å². The summed E-state index contributed by atoms with van der Waals surface area (Å²) in [5.41, 5.74) is 6.98. The van der Waals surface area contributed by atoms with Gasteiger partial charge >= 0.3 is 0 Å². The minimum absolute atomic E-state index is 0.116. The van der Waals surface area contributed by atoms with Crippen molar-refractivity contribution in [1.82, 2.24) is 15.1 Å². The molecule has 150 valence electrons. The number of nitrogen functional groups attached to an aromatic ring is 1. The first kappa shape index (κ1) is 19.5. The van der Waals surface area contributed by atoms with Gasteiger partial charge in [0.15, 0.2) is 15.8 Å². The fourth-order valence-electron chi connectivity index (χ4n) is 2.98. The number of anilines is 1. The minimum atomic E-state index is -0.390. The van der Waals surface area contributed by atoms with Gasteiger partial charge in [-0.2, -0.15) is 0 Å². The standard InChI is InChI=1S/C19H17FN4O3S2/c1-26-15-4-2-3-11-8-24(16(25)10-28-19-23-22-18(21)29-19)9-12-7-13(20)5-6-14(12)27-17(11)15/h2-7H,8-10H2,1H3,(H2,21,22). The van der Waals surface area contributed by atoms with Crippen LogP contribution in [0.1, 0.15) is 11.1 Å². The molecule has 0 saturated carbocycles. The molecule has 0 bridgehead atoms. The molecule has 10 heteroatoms. The van der Waals surface area contributed by atoms with Crippen molar-refractivity contribution in [3.8, 4) is 17.2 Å². The van der Waals surface area contributed by atoms with Crippen molar-refractivity contribution in [1.29, 1.82) is 0 Å². The molecule has 2 N–H and O–H groups in total. The third-order valence-corrected chi connectivity index (χ3v) is 6.20. The summed E-state index contributed by atoms with van der Waals surface area (Å²) >= 11 is 2.50. The molecule has 29 heavy (non-hydrogen) atoms. The van der Waals surface area contributed by atoms with E-state index in [0.29, 0.717) is 38.8 Å². The van der Waals surface area contributed by atoms with E-state index in [2.05, 4.69) is 10.2 Å². The van der Waals surface area contributed by atoms with E-state index in [4.69, 9.17) is 15.2 Å². The number of hydrogen-bond donors (Lipinski definition) is 1. The number of para-hydroxylation sites is 1. The molecule has 1 aliphatic rings. The topological polar surface area (TPSA) is 90.6 Å². The van der Waals surface area contributed by atoms with Crippen molar-refractivity contribution in [2.45, 2.75) is 17.4 Å². The molecule has 1 amide bonds. The van der Waals surface area contributed by atoms with Crippen molar-refractivity contribution in [2.75, 3.05) is 18.6 Å². The third kappa shape index (κ3) is 4.28. The van der Waals surface area contributed by atoms with Gasteiger partial charge in [-0.3, -0.25) is 4.79 Å². The van der Waals surface area contributed by atoms with Gasteiger partial charge in [-0.15, -0.1) is 10.2 Å². The number of nitrogens with two attached hydrogens (primary N) is 1. The lowest BCUT2D eigenvalue weighted by molar-refractivity contribution is -0.129. The van der Waals surface area contributed by atoms with E-state index in [1.807, 2.05) is 12.1 Å². The molecule has 3 aromatic rings. The zero-order valence-corrected chi connectivity index (χ0v) is 17.1. The first-order valence-corrected chi connectivity index (χ1v) is 10.5. The largest absolute Gasteiger partial charge is 0.493 e. The zero-order chi connectivity index (χ0) is 20.4. The van der Waals surface area contributed by atoms with Gasteiger partial charge < -0.3 is 20.1 Å². The summed E-state index contributed by atoms with van der Waals surface area (Å²) in [5, 5.41) is 8.03. The lowest BCUT2D eigenvalue weighted by atomic mass is 10.1. The van der Waals surface area contributed by atoms with Crippen molar-refractivity contribution >= 4 is 34.1 Å². The molecule has 0 fully saturated rings. The molecule has 7 nitrogen and oxygen atoms in total. The van der Waals surface area contributed by atoms with Crippen LogP contribution in [-0.2, 0) is 17.9 Å². The molecule has 2 heterocycles. The SMILES string of the molecule is COc1cccc2c1Oc1ccc(F)cc1CN(C(=O)CSc1nnc(N)s1)C2. The second-order valence-electron chi connectivity index (χ2n) is 6.25. The normalized spacial score (nSPS) is 13.0. The number of aromatic nitrogens is 2. The molecule has 2 aromatic carbocycles. The first-order valence-electron chi connectivity index (χ1n) is 8.65. The van der Waals surface area contributed by atoms with Crippen LogP contribution in [0.2, 0.25) is 0 Å². The van der Waals surface area contributed by atoms with Crippen molar-refractivity contribution in [3.05, 3.63) is 53.3 Å². The molecular formula is C19H17FN4O3S2. The quantitative estimate of drug-likeness (QED) is 0.629. The zero-order valence-electron chi connectivity index (χ0n) is 15.4. The number of hydrogen-bond acceptors (Lipinski definition) is 8. The van der Waals surface area contributed by atoms with Crippen molar-refractivity contribution in [2.24, 2.45) is 0 Å². The second-order valence-corrected chi connectivity index (χ2v) is 8.48. The maximum Gasteiger partial charge on any atom is 0.233 e. The highest BCUT2D eigenvalue weighted by Crippen LogP contribution is 2.39. The number of amides is 1. The Labute approximate surface area is 174 Å². The Balaban J connectivity index is 1.65. The number of thioether (sulfide) groups is 1. The fourth-order valence-corrected chi connectivity index (χ4v) is 4.52. The molecule has 0 aliphatic carbocycles. The number of carbonyl (C=O) groups excluding carboxylic acids is 1. The van der Waals surface area contributed by atoms with Crippen molar-refractivity contribution in [3.63, 3.8) is 0 Å². The van der Waals surface area contributed by atoms with Crippen LogP contribution >= 0.6 is 23.1 Å². The number of halogens is 1. The smallest absolute Gasteiger partial charge is 0.233 e. The van der Waals surface area contributed by atoms with Crippen LogP contribution in [-0.4, -0.2) is 33.9 Å². The van der Waals surface area contributed by atoms with E-state index in [1.165, 1.54) is 35.2 Å². The first-order chi connectivity index (χ1) is 14.0. The Hall–Kier alpha value is -2.85. The van der Waals surface area contributed by atoms with E-state index in [9.17, 15) is 9.18 Å². The summed E-state index contributed by atoms with van der Waals surface area (Å²) in [7, 11) is 1.55. The molecule has 0 spiro atoms. The molecule has 4 rings (SSSR count). The highest BCUT2D eigenvalue weighted by Gasteiger charge is 2.24. The number of carbonyl (C=O) groups is 1. The van der Waals surface area contributed by atoms with E-state index >= 15 is 0 Å². The van der Waals surface area contributed by atoms with Crippen LogP contribution in [0.4, 0.5) is 9.52 Å². The van der Waals surface area contributed by atoms with Gasteiger partial charge in [-0.1, -0.05) is 35.2 Å². The molecule has 1 aromatic heterocycles. The summed E-state index contributed by atoms with van der Waals surface area (Å²) in [4.78, 5) is 14.6. The number of benzene rings is 2. The molecular weight excluding hydrogens is 415 g/mol. The number of nitrogens with zero attached hydrogens (tertiary/aromatic N) is 3. The lowest BCUT2D eigenvalue weighted by Gasteiger charge is -2.28. The Morgan fingerprint density at radius 2 is 2.14 bits per heavy atom. The Morgan fingerprint density at radius 1 is 1.31 bits per heavy atom. The van der Waals surface area contributed by atoms with E-state index in [1.54, 1.807) is 24.1 Å². The van der Waals surface area contributed by atoms with E-state index in [-0.39, 0.29) is 24.0 Å². The highest BCUT2D eigenvalue weighted by molar-refractivity contribution is 8.01. The average molecular weight is 433 g/mol. The highest BCUT2D eigenvalue weighted by atomic mass is 32.2. The molecule has 1 aliphatic heterocycles. The number of fused-ring (bicyclic) bond motifs is 2. The van der Waals surface area contributed by atoms with Gasteiger partial charge in [0, 0.05) is 24.2 Å². The summed E-state index contributed by atoms with van der Waals surface area (Å²) in [6, 6.07) is 9.78. The van der Waals surface area contributed by atoms with Gasteiger partial charge in [0.05, 0.1) is 12.9 Å². The van der Waals surface area contributed by atoms with Gasteiger partial charge in [0.1, 0.15) is 11.6 Å². The maximum atomic E-state index is 13.9. The van der Waals surface area contributed by atoms with Gasteiger partial charge in [0.25, 0.3) is 0 Å². The van der Waals surface area contributed by atoms with Crippen molar-refractivity contribution < 1.29 is 18.7 Å². The summed E-state index contributed by atoms with van der Waals surface area (Å²) in [5.74, 6) is 1.21. The van der Waals surface area contributed by atoms with Gasteiger partial charge in [0.2, 0.25) is 11.0 Å². The van der Waals surface area contributed by atoms with Crippen LogP contribution in [0.25, 0.3) is 0 Å². The van der Waals surface area contributed by atoms with Crippen LogP contribution in [0.15, 0.2) is 40.7 Å². The van der Waals surface area contributed by atoms with Gasteiger partial charge in [-0.05, 0) is 24.3 Å². The molecule has 0 atom stereocenters. The van der Waals surface area contributed by atoms with Gasteiger partial charge in [-0.25, -0.2) is 4.39 Å². The molecule has 0 unspecified atom stereocenters. The predicted octanol–water partition coefficient (Wildman–Crippen LogP) is 3.69. The number of methoxy groups -OCH3 is 1. The fraction of sp³-hybridized carbons (Fsp3) is 0.211. The summed E-state index contributed by atoms with van der Waals surface area (Å²) in [6.07, 6.45) is 0.